The van der Waals surface area contributed by atoms with Gasteiger partial charge < -0.3 is 20.3 Å². The lowest BCUT2D eigenvalue weighted by atomic mass is 10.1. The predicted octanol–water partition coefficient (Wildman–Crippen LogP) is 2.44. The van der Waals surface area contributed by atoms with Crippen molar-refractivity contribution in [1.29, 1.82) is 0 Å². The predicted molar refractivity (Wildman–Crippen MR) is 118 cm³/mol. The van der Waals surface area contributed by atoms with E-state index in [0.29, 0.717) is 17.9 Å². The Kier molecular flexibility index (Phi) is 11.1. The Hall–Kier alpha value is -2.42. The third kappa shape index (κ3) is 11.5. The number of ether oxygens (including phenoxy) is 1. The van der Waals surface area contributed by atoms with Crippen molar-refractivity contribution < 1.29 is 28.2 Å². The number of amides is 1. The molecule has 1 amide bonds. The third-order valence-electron chi connectivity index (χ3n) is 4.16. The molecule has 1 aromatic carbocycles. The highest BCUT2D eigenvalue weighted by molar-refractivity contribution is 7.93. The van der Waals surface area contributed by atoms with Crippen molar-refractivity contribution >= 4 is 15.7 Å². The summed E-state index contributed by atoms with van der Waals surface area (Å²) in [7, 11) is -3.37. The van der Waals surface area contributed by atoms with Gasteiger partial charge in [-0.3, -0.25) is 4.79 Å². The van der Waals surface area contributed by atoms with E-state index in [4.69, 9.17) is 9.84 Å². The standard InChI is InChI=1S/C22H31NO6S/c1-17(5-4-6-18(2)16-24)11-13-29-20-9-7-19(8-10-20)21(25)15-23-22(26)12-14-30(3,27)28/h6-12,14,21,24-25H,4-5,13,15-16H2,1-3H3,(H,23,26)/b14-12+,17-11+,18-6+/t21-/m0/s1. The molecule has 0 spiro atoms. The van der Waals surface area contributed by atoms with Crippen LogP contribution in [0.5, 0.6) is 5.75 Å². The van der Waals surface area contributed by atoms with Crippen LogP contribution in [0.15, 0.2) is 59.0 Å². The normalized spacial score (nSPS) is 14.0. The van der Waals surface area contributed by atoms with Crippen LogP contribution < -0.4 is 10.1 Å². The Morgan fingerprint density at radius 1 is 1.17 bits per heavy atom. The SMILES string of the molecule is C/C(=C\CC/C(C)=C/COc1ccc([C@@H](O)CNC(=O)/C=C/S(C)(=O)=O)cc1)CO. The van der Waals surface area contributed by atoms with Crippen molar-refractivity contribution in [3.63, 3.8) is 0 Å². The topological polar surface area (TPSA) is 113 Å². The van der Waals surface area contributed by atoms with E-state index in [1.165, 1.54) is 5.57 Å². The van der Waals surface area contributed by atoms with Gasteiger partial charge in [0.2, 0.25) is 5.91 Å². The van der Waals surface area contributed by atoms with Crippen LogP contribution in [0.25, 0.3) is 0 Å². The zero-order chi connectivity index (χ0) is 22.6. The average molecular weight is 438 g/mol. The molecule has 0 aliphatic heterocycles. The molecule has 3 N–H and O–H groups in total. The van der Waals surface area contributed by atoms with E-state index in [1.54, 1.807) is 24.3 Å². The smallest absolute Gasteiger partial charge is 0.244 e. The van der Waals surface area contributed by atoms with Gasteiger partial charge in [-0.2, -0.15) is 0 Å². The van der Waals surface area contributed by atoms with Crippen LogP contribution in [0.3, 0.4) is 0 Å². The zero-order valence-electron chi connectivity index (χ0n) is 17.7. The first kappa shape index (κ1) is 25.6. The van der Waals surface area contributed by atoms with Crippen LogP contribution in [0.4, 0.5) is 0 Å². The molecule has 0 heterocycles. The highest BCUT2D eigenvalue weighted by atomic mass is 32.2. The molecule has 0 aromatic heterocycles. The molecule has 0 radical (unpaired) electrons. The first-order valence-electron chi connectivity index (χ1n) is 9.59. The summed E-state index contributed by atoms with van der Waals surface area (Å²) >= 11 is 0. The molecule has 1 rings (SSSR count). The van der Waals surface area contributed by atoms with Gasteiger partial charge in [0.15, 0.2) is 9.84 Å². The van der Waals surface area contributed by atoms with Gasteiger partial charge in [0.05, 0.1) is 12.7 Å². The number of aliphatic hydroxyl groups excluding tert-OH is 2. The van der Waals surface area contributed by atoms with Gasteiger partial charge in [0.25, 0.3) is 0 Å². The van der Waals surface area contributed by atoms with Gasteiger partial charge in [-0.05, 0) is 50.5 Å². The Bertz CT molecular complexity index is 869. The first-order chi connectivity index (χ1) is 14.1. The number of carbonyl (C=O) groups excluding carboxylic acids is 1. The molecule has 30 heavy (non-hydrogen) atoms. The number of hydrogen-bond acceptors (Lipinski definition) is 6. The minimum absolute atomic E-state index is 0.0424. The number of allylic oxidation sites excluding steroid dienone is 2. The largest absolute Gasteiger partial charge is 0.490 e. The summed E-state index contributed by atoms with van der Waals surface area (Å²) in [5.74, 6) is 0.0646. The molecule has 7 nitrogen and oxygen atoms in total. The molecule has 0 saturated carbocycles. The lowest BCUT2D eigenvalue weighted by Gasteiger charge is -2.12. The number of sulfone groups is 1. The Morgan fingerprint density at radius 3 is 2.43 bits per heavy atom. The van der Waals surface area contributed by atoms with Crippen LogP contribution in [0.1, 0.15) is 38.4 Å². The number of benzene rings is 1. The number of nitrogens with one attached hydrogen (secondary N) is 1. The molecule has 0 fully saturated rings. The highest BCUT2D eigenvalue weighted by Gasteiger charge is 2.09. The van der Waals surface area contributed by atoms with Crippen molar-refractivity contribution in [3.8, 4) is 5.75 Å². The van der Waals surface area contributed by atoms with Crippen molar-refractivity contribution in [2.45, 2.75) is 32.8 Å². The van der Waals surface area contributed by atoms with Gasteiger partial charge >= 0.3 is 0 Å². The first-order valence-corrected chi connectivity index (χ1v) is 11.5. The maximum Gasteiger partial charge on any atom is 0.244 e. The lowest BCUT2D eigenvalue weighted by molar-refractivity contribution is -0.116. The van der Waals surface area contributed by atoms with Gasteiger partial charge in [0.1, 0.15) is 12.4 Å². The summed E-state index contributed by atoms with van der Waals surface area (Å²) in [4.78, 5) is 11.6. The molecular formula is C22H31NO6S. The number of hydrogen-bond donors (Lipinski definition) is 3. The molecule has 0 bridgehead atoms. The second kappa shape index (κ2) is 13.0. The second-order valence-corrected chi connectivity index (χ2v) is 9.00. The van der Waals surface area contributed by atoms with Gasteiger partial charge in [-0.1, -0.05) is 29.4 Å². The maximum atomic E-state index is 11.6. The van der Waals surface area contributed by atoms with Crippen LogP contribution in [0, 0.1) is 0 Å². The minimum atomic E-state index is -3.37. The molecule has 0 aliphatic carbocycles. The fraction of sp³-hybridized carbons (Fsp3) is 0.409. The van der Waals surface area contributed by atoms with Crippen molar-refractivity contribution in [2.24, 2.45) is 0 Å². The Balaban J connectivity index is 2.44. The molecule has 1 aromatic rings. The Labute approximate surface area is 178 Å². The van der Waals surface area contributed by atoms with Gasteiger partial charge in [-0.15, -0.1) is 0 Å². The van der Waals surface area contributed by atoms with E-state index in [0.717, 1.165) is 36.2 Å². The van der Waals surface area contributed by atoms with Crippen LogP contribution in [-0.4, -0.2) is 50.6 Å². The van der Waals surface area contributed by atoms with Gasteiger partial charge in [-0.25, -0.2) is 8.42 Å². The lowest BCUT2D eigenvalue weighted by Crippen LogP contribution is -2.26. The summed E-state index contributed by atoms with van der Waals surface area (Å²) in [5.41, 5.74) is 2.77. The van der Waals surface area contributed by atoms with Gasteiger partial charge in [0, 0.05) is 24.3 Å². The zero-order valence-corrected chi connectivity index (χ0v) is 18.5. The van der Waals surface area contributed by atoms with Crippen LogP contribution in [0.2, 0.25) is 0 Å². The van der Waals surface area contributed by atoms with E-state index in [1.807, 2.05) is 26.0 Å². The molecule has 0 aliphatic rings. The second-order valence-electron chi connectivity index (χ2n) is 7.07. The number of aliphatic hydroxyl groups is 2. The minimum Gasteiger partial charge on any atom is -0.490 e. The maximum absolute atomic E-state index is 11.6. The summed E-state index contributed by atoms with van der Waals surface area (Å²) < 4.78 is 27.6. The van der Waals surface area contributed by atoms with Crippen molar-refractivity contribution in [2.75, 3.05) is 26.0 Å². The molecule has 166 valence electrons. The highest BCUT2D eigenvalue weighted by Crippen LogP contribution is 2.18. The monoisotopic (exact) mass is 437 g/mol. The summed E-state index contributed by atoms with van der Waals surface area (Å²) in [6.07, 6.45) is 6.78. The van der Waals surface area contributed by atoms with Crippen molar-refractivity contribution in [1.82, 2.24) is 5.32 Å². The van der Waals surface area contributed by atoms with E-state index in [9.17, 15) is 18.3 Å². The fourth-order valence-electron chi connectivity index (χ4n) is 2.34. The molecule has 1 atom stereocenters. The average Bonchev–Trinajstić information content (AvgIpc) is 2.70. The quantitative estimate of drug-likeness (QED) is 0.342. The van der Waals surface area contributed by atoms with E-state index in [-0.39, 0.29) is 13.2 Å². The summed E-state index contributed by atoms with van der Waals surface area (Å²) in [6, 6.07) is 6.88. The number of carbonyl (C=O) groups is 1. The van der Waals surface area contributed by atoms with Crippen molar-refractivity contribution in [3.05, 3.63) is 64.6 Å². The molecule has 0 unspecified atom stereocenters. The molecule has 0 saturated heterocycles. The Morgan fingerprint density at radius 2 is 1.83 bits per heavy atom. The van der Waals surface area contributed by atoms with Crippen LogP contribution in [-0.2, 0) is 14.6 Å². The van der Waals surface area contributed by atoms with E-state index in [2.05, 4.69) is 5.32 Å². The molecular weight excluding hydrogens is 406 g/mol. The third-order valence-corrected chi connectivity index (χ3v) is 4.79. The molecule has 8 heteroatoms. The number of rotatable bonds is 12. The van der Waals surface area contributed by atoms with E-state index >= 15 is 0 Å². The van der Waals surface area contributed by atoms with E-state index < -0.39 is 21.8 Å². The fourth-order valence-corrected chi connectivity index (χ4v) is 2.71. The summed E-state index contributed by atoms with van der Waals surface area (Å²) in [5, 5.41) is 22.4. The van der Waals surface area contributed by atoms with Crippen LogP contribution >= 0.6 is 0 Å². The summed E-state index contributed by atoms with van der Waals surface area (Å²) in [6.45, 7) is 4.40.